The smallest absolute Gasteiger partial charge is 0.160 e. The van der Waals surface area contributed by atoms with Gasteiger partial charge in [0.2, 0.25) is 0 Å². The third-order valence-electron chi connectivity index (χ3n) is 2.34. The maximum atomic E-state index is 10.5. The zero-order valence-corrected chi connectivity index (χ0v) is 8.67. The van der Waals surface area contributed by atoms with Crippen LogP contribution in [0.4, 0.5) is 5.00 Å². The third-order valence-corrected chi connectivity index (χ3v) is 3.39. The molecule has 0 radical (unpaired) electrons. The highest BCUT2D eigenvalue weighted by molar-refractivity contribution is 7.17. The Labute approximate surface area is 87.0 Å². The summed E-state index contributed by atoms with van der Waals surface area (Å²) in [5.74, 6) is 0. The van der Waals surface area contributed by atoms with Crippen LogP contribution < -0.4 is 4.90 Å². The molecule has 1 heterocycles. The second-order valence-corrected chi connectivity index (χ2v) is 4.54. The summed E-state index contributed by atoms with van der Waals surface area (Å²) < 4.78 is 0. The SMILES string of the molecule is O=Cc1ccc(N(CCO)C2CC2)s1. The summed E-state index contributed by atoms with van der Waals surface area (Å²) in [4.78, 5) is 13.5. The number of thiophene rings is 1. The van der Waals surface area contributed by atoms with E-state index < -0.39 is 0 Å². The van der Waals surface area contributed by atoms with Gasteiger partial charge in [0.15, 0.2) is 6.29 Å². The second kappa shape index (κ2) is 4.11. The van der Waals surface area contributed by atoms with Crippen molar-refractivity contribution in [1.82, 2.24) is 0 Å². The molecule has 0 saturated heterocycles. The quantitative estimate of drug-likeness (QED) is 0.751. The van der Waals surface area contributed by atoms with Crippen molar-refractivity contribution in [3.8, 4) is 0 Å². The zero-order valence-electron chi connectivity index (χ0n) is 7.85. The van der Waals surface area contributed by atoms with Gasteiger partial charge in [0.1, 0.15) is 0 Å². The highest BCUT2D eigenvalue weighted by Gasteiger charge is 2.29. The molecule has 0 bridgehead atoms. The lowest BCUT2D eigenvalue weighted by atomic mass is 10.4. The van der Waals surface area contributed by atoms with E-state index in [2.05, 4.69) is 4.90 Å². The molecule has 0 aliphatic heterocycles. The molecule has 0 unspecified atom stereocenters. The molecule has 2 rings (SSSR count). The number of rotatable bonds is 5. The van der Waals surface area contributed by atoms with E-state index in [1.807, 2.05) is 12.1 Å². The van der Waals surface area contributed by atoms with E-state index in [0.29, 0.717) is 12.6 Å². The molecule has 1 saturated carbocycles. The third kappa shape index (κ3) is 1.96. The minimum absolute atomic E-state index is 0.171. The molecule has 3 nitrogen and oxygen atoms in total. The van der Waals surface area contributed by atoms with Crippen molar-refractivity contribution in [2.24, 2.45) is 0 Å². The van der Waals surface area contributed by atoms with Gasteiger partial charge in [0.25, 0.3) is 0 Å². The Balaban J connectivity index is 2.12. The van der Waals surface area contributed by atoms with E-state index in [0.717, 1.165) is 16.2 Å². The summed E-state index contributed by atoms with van der Waals surface area (Å²) in [6.45, 7) is 0.842. The standard InChI is InChI=1S/C10H13NO2S/c12-6-5-11(8-1-2-8)10-4-3-9(7-13)14-10/h3-4,7-8,12H,1-2,5-6H2. The van der Waals surface area contributed by atoms with Crippen molar-refractivity contribution in [3.05, 3.63) is 17.0 Å². The Morgan fingerprint density at radius 2 is 2.36 bits per heavy atom. The molecule has 14 heavy (non-hydrogen) atoms. The van der Waals surface area contributed by atoms with Crippen molar-refractivity contribution < 1.29 is 9.90 Å². The largest absolute Gasteiger partial charge is 0.395 e. The minimum atomic E-state index is 0.171. The van der Waals surface area contributed by atoms with E-state index in [9.17, 15) is 4.79 Å². The number of hydrogen-bond acceptors (Lipinski definition) is 4. The molecular weight excluding hydrogens is 198 g/mol. The molecule has 0 atom stereocenters. The van der Waals surface area contributed by atoms with E-state index in [1.165, 1.54) is 24.2 Å². The lowest BCUT2D eigenvalue weighted by Gasteiger charge is -2.21. The first-order chi connectivity index (χ1) is 6.85. The lowest BCUT2D eigenvalue weighted by molar-refractivity contribution is 0.112. The molecule has 1 N–H and O–H groups in total. The molecule has 1 aromatic heterocycles. The Morgan fingerprint density at radius 3 is 2.86 bits per heavy atom. The van der Waals surface area contributed by atoms with Crippen LogP contribution in [0.25, 0.3) is 0 Å². The van der Waals surface area contributed by atoms with Gasteiger partial charge >= 0.3 is 0 Å². The molecule has 0 aromatic carbocycles. The van der Waals surface area contributed by atoms with Gasteiger partial charge in [-0.1, -0.05) is 0 Å². The summed E-state index contributed by atoms with van der Waals surface area (Å²) in [5.41, 5.74) is 0. The van der Waals surface area contributed by atoms with Crippen LogP contribution in [0.2, 0.25) is 0 Å². The van der Waals surface area contributed by atoms with Gasteiger partial charge in [-0.2, -0.15) is 0 Å². The molecule has 1 fully saturated rings. The van der Waals surface area contributed by atoms with Crippen molar-refractivity contribution in [2.45, 2.75) is 18.9 Å². The molecule has 4 heteroatoms. The number of anilines is 1. The van der Waals surface area contributed by atoms with Crippen molar-refractivity contribution in [1.29, 1.82) is 0 Å². The summed E-state index contributed by atoms with van der Waals surface area (Å²) in [7, 11) is 0. The first-order valence-corrected chi connectivity index (χ1v) is 5.59. The Morgan fingerprint density at radius 1 is 1.57 bits per heavy atom. The molecule has 1 aliphatic carbocycles. The van der Waals surface area contributed by atoms with Gasteiger partial charge in [0, 0.05) is 12.6 Å². The van der Waals surface area contributed by atoms with Gasteiger partial charge in [-0.25, -0.2) is 0 Å². The maximum Gasteiger partial charge on any atom is 0.160 e. The van der Waals surface area contributed by atoms with Gasteiger partial charge in [-0.05, 0) is 25.0 Å². The highest BCUT2D eigenvalue weighted by atomic mass is 32.1. The van der Waals surface area contributed by atoms with E-state index >= 15 is 0 Å². The number of hydrogen-bond donors (Lipinski definition) is 1. The highest BCUT2D eigenvalue weighted by Crippen LogP contribution is 2.35. The first kappa shape index (κ1) is 9.68. The summed E-state index contributed by atoms with van der Waals surface area (Å²) >= 11 is 1.50. The van der Waals surface area contributed by atoms with E-state index in [-0.39, 0.29) is 6.61 Å². The van der Waals surface area contributed by atoms with Crippen LogP contribution in [0.1, 0.15) is 22.5 Å². The van der Waals surface area contributed by atoms with Crippen molar-refractivity contribution >= 4 is 22.6 Å². The predicted octanol–water partition coefficient (Wildman–Crippen LogP) is 1.52. The van der Waals surface area contributed by atoms with E-state index in [1.54, 1.807) is 0 Å². The van der Waals surface area contributed by atoms with Crippen molar-refractivity contribution in [3.63, 3.8) is 0 Å². The fourth-order valence-electron chi connectivity index (χ4n) is 1.53. The van der Waals surface area contributed by atoms with Gasteiger partial charge < -0.3 is 10.0 Å². The van der Waals surface area contributed by atoms with Crippen LogP contribution >= 0.6 is 11.3 Å². The zero-order chi connectivity index (χ0) is 9.97. The molecule has 0 spiro atoms. The number of aliphatic hydroxyl groups excluding tert-OH is 1. The average molecular weight is 211 g/mol. The number of carbonyl (C=O) groups is 1. The number of aldehydes is 1. The fraction of sp³-hybridized carbons (Fsp3) is 0.500. The molecule has 1 aliphatic rings. The summed E-state index contributed by atoms with van der Waals surface area (Å²) in [6, 6.07) is 4.38. The topological polar surface area (TPSA) is 40.5 Å². The Kier molecular flexibility index (Phi) is 2.84. The molecule has 76 valence electrons. The fourth-order valence-corrected chi connectivity index (χ4v) is 2.45. The van der Waals surface area contributed by atoms with Crippen LogP contribution in [0, 0.1) is 0 Å². The molecule has 0 amide bonds. The second-order valence-electron chi connectivity index (χ2n) is 3.44. The average Bonchev–Trinajstić information content (AvgIpc) is 2.92. The summed E-state index contributed by atoms with van der Waals surface area (Å²) in [5, 5.41) is 10.0. The monoisotopic (exact) mass is 211 g/mol. The number of nitrogens with zero attached hydrogens (tertiary/aromatic N) is 1. The van der Waals surface area contributed by atoms with Gasteiger partial charge in [-0.3, -0.25) is 4.79 Å². The number of carbonyl (C=O) groups excluding carboxylic acids is 1. The summed E-state index contributed by atoms with van der Waals surface area (Å²) in [6.07, 6.45) is 3.28. The van der Waals surface area contributed by atoms with Crippen molar-refractivity contribution in [2.75, 3.05) is 18.1 Å². The first-order valence-electron chi connectivity index (χ1n) is 4.77. The van der Waals surface area contributed by atoms with Crippen LogP contribution in [-0.2, 0) is 0 Å². The van der Waals surface area contributed by atoms with E-state index in [4.69, 9.17) is 5.11 Å². The molecular formula is C10H13NO2S. The van der Waals surface area contributed by atoms with Gasteiger partial charge in [-0.15, -0.1) is 11.3 Å². The maximum absolute atomic E-state index is 10.5. The Bertz CT molecular complexity index is 320. The number of aliphatic hydroxyl groups is 1. The lowest BCUT2D eigenvalue weighted by Crippen LogP contribution is -2.27. The minimum Gasteiger partial charge on any atom is -0.395 e. The molecule has 1 aromatic rings. The van der Waals surface area contributed by atoms with Crippen LogP contribution in [-0.4, -0.2) is 30.6 Å². The van der Waals surface area contributed by atoms with Crippen LogP contribution in [0.5, 0.6) is 0 Å². The van der Waals surface area contributed by atoms with Gasteiger partial charge in [0.05, 0.1) is 16.5 Å². The predicted molar refractivity (Wildman–Crippen MR) is 57.2 cm³/mol. The Hall–Kier alpha value is -0.870. The van der Waals surface area contributed by atoms with Crippen LogP contribution in [0.15, 0.2) is 12.1 Å². The normalized spacial score (nSPS) is 15.5. The van der Waals surface area contributed by atoms with Crippen LogP contribution in [0.3, 0.4) is 0 Å².